The van der Waals surface area contributed by atoms with Crippen molar-refractivity contribution in [2.24, 2.45) is 0 Å². The van der Waals surface area contributed by atoms with Crippen LogP contribution in [0, 0.1) is 0 Å². The first-order valence-electron chi connectivity index (χ1n) is 5.08. The lowest BCUT2D eigenvalue weighted by atomic mass is 10.1. The molecule has 0 aliphatic rings. The summed E-state index contributed by atoms with van der Waals surface area (Å²) in [4.78, 5) is 0. The number of rotatable bonds is 6. The number of aliphatic hydroxyl groups is 1. The molecule has 0 fully saturated rings. The van der Waals surface area contributed by atoms with Crippen LogP contribution >= 0.6 is 0 Å². The van der Waals surface area contributed by atoms with Gasteiger partial charge in [-0.1, -0.05) is 19.1 Å². The van der Waals surface area contributed by atoms with E-state index < -0.39 is 16.5 Å². The third kappa shape index (κ3) is 5.14. The van der Waals surface area contributed by atoms with Crippen molar-refractivity contribution >= 4 is 10.4 Å². The summed E-state index contributed by atoms with van der Waals surface area (Å²) >= 11 is 0. The minimum absolute atomic E-state index is 0.0412. The zero-order valence-electron chi connectivity index (χ0n) is 9.33. The van der Waals surface area contributed by atoms with Gasteiger partial charge in [0.25, 0.3) is 0 Å². The number of benzene rings is 1. The standard InChI is InChI=1S/C10H15NO5S/c1-2-11-7-10(12)8-4-3-5-9(6-8)16-17(13,14)15/h3-6,10-12H,2,7H2,1H3,(H,13,14,15). The monoisotopic (exact) mass is 261 g/mol. The third-order valence-electron chi connectivity index (χ3n) is 2.03. The second-order valence-electron chi connectivity index (χ2n) is 3.41. The summed E-state index contributed by atoms with van der Waals surface area (Å²) in [5.74, 6) is -0.0412. The largest absolute Gasteiger partial charge is 0.446 e. The fourth-order valence-corrected chi connectivity index (χ4v) is 1.64. The minimum Gasteiger partial charge on any atom is -0.387 e. The molecule has 0 saturated carbocycles. The molecule has 17 heavy (non-hydrogen) atoms. The van der Waals surface area contributed by atoms with Gasteiger partial charge in [-0.3, -0.25) is 4.55 Å². The fraction of sp³-hybridized carbons (Fsp3) is 0.400. The number of hydrogen-bond acceptors (Lipinski definition) is 5. The van der Waals surface area contributed by atoms with Crippen molar-refractivity contribution in [3.8, 4) is 5.75 Å². The molecular weight excluding hydrogens is 246 g/mol. The van der Waals surface area contributed by atoms with Crippen molar-refractivity contribution < 1.29 is 22.3 Å². The molecule has 0 bridgehead atoms. The molecule has 1 rings (SSSR count). The lowest BCUT2D eigenvalue weighted by molar-refractivity contribution is 0.175. The van der Waals surface area contributed by atoms with Gasteiger partial charge < -0.3 is 14.6 Å². The van der Waals surface area contributed by atoms with Crippen LogP contribution in [-0.4, -0.2) is 31.2 Å². The molecule has 0 amide bonds. The maximum Gasteiger partial charge on any atom is 0.446 e. The highest BCUT2D eigenvalue weighted by Gasteiger charge is 2.11. The van der Waals surface area contributed by atoms with Crippen molar-refractivity contribution in [2.45, 2.75) is 13.0 Å². The second kappa shape index (κ2) is 5.97. The van der Waals surface area contributed by atoms with E-state index >= 15 is 0 Å². The first kappa shape index (κ1) is 13.9. The third-order valence-corrected chi connectivity index (χ3v) is 2.44. The van der Waals surface area contributed by atoms with Gasteiger partial charge in [0.2, 0.25) is 0 Å². The topological polar surface area (TPSA) is 95.9 Å². The van der Waals surface area contributed by atoms with Crippen molar-refractivity contribution in [2.75, 3.05) is 13.1 Å². The average molecular weight is 261 g/mol. The molecule has 0 saturated heterocycles. The predicted molar refractivity (Wildman–Crippen MR) is 62.1 cm³/mol. The Kier molecular flexibility index (Phi) is 4.88. The van der Waals surface area contributed by atoms with Gasteiger partial charge in [-0.2, -0.15) is 8.42 Å². The van der Waals surface area contributed by atoms with Crippen LogP contribution < -0.4 is 9.50 Å². The SMILES string of the molecule is CCNCC(O)c1cccc(OS(=O)(=O)O)c1. The lowest BCUT2D eigenvalue weighted by Gasteiger charge is -2.12. The number of aliphatic hydroxyl groups excluding tert-OH is 1. The Labute approximate surface area is 100 Å². The van der Waals surface area contributed by atoms with Gasteiger partial charge in [-0.25, -0.2) is 0 Å². The van der Waals surface area contributed by atoms with Gasteiger partial charge in [0.15, 0.2) is 0 Å². The Morgan fingerprint density at radius 2 is 2.18 bits per heavy atom. The van der Waals surface area contributed by atoms with E-state index in [2.05, 4.69) is 9.50 Å². The maximum atomic E-state index is 10.5. The quantitative estimate of drug-likeness (QED) is 0.646. The Bertz CT molecular complexity index is 460. The molecule has 0 radical (unpaired) electrons. The van der Waals surface area contributed by atoms with E-state index in [4.69, 9.17) is 4.55 Å². The normalized spacial score (nSPS) is 13.4. The highest BCUT2D eigenvalue weighted by atomic mass is 32.3. The molecule has 1 aromatic rings. The van der Waals surface area contributed by atoms with Crippen LogP contribution in [0.2, 0.25) is 0 Å². The highest BCUT2D eigenvalue weighted by Crippen LogP contribution is 2.19. The maximum absolute atomic E-state index is 10.5. The van der Waals surface area contributed by atoms with Gasteiger partial charge >= 0.3 is 10.4 Å². The molecule has 0 spiro atoms. The summed E-state index contributed by atoms with van der Waals surface area (Å²) < 4.78 is 33.8. The Balaban J connectivity index is 2.78. The Hall–Kier alpha value is -1.15. The van der Waals surface area contributed by atoms with Crippen LogP contribution in [0.1, 0.15) is 18.6 Å². The van der Waals surface area contributed by atoms with Crippen molar-refractivity contribution in [1.82, 2.24) is 5.32 Å². The van der Waals surface area contributed by atoms with Gasteiger partial charge in [0, 0.05) is 6.54 Å². The molecule has 1 unspecified atom stereocenters. The van der Waals surface area contributed by atoms with Gasteiger partial charge in [-0.15, -0.1) is 0 Å². The molecule has 0 aliphatic carbocycles. The van der Waals surface area contributed by atoms with Crippen molar-refractivity contribution in [3.63, 3.8) is 0 Å². The van der Waals surface area contributed by atoms with Crippen molar-refractivity contribution in [3.05, 3.63) is 29.8 Å². The van der Waals surface area contributed by atoms with Crippen molar-refractivity contribution in [1.29, 1.82) is 0 Å². The van der Waals surface area contributed by atoms with Crippen LogP contribution in [-0.2, 0) is 10.4 Å². The second-order valence-corrected chi connectivity index (χ2v) is 4.43. The zero-order valence-corrected chi connectivity index (χ0v) is 10.1. The van der Waals surface area contributed by atoms with E-state index in [0.717, 1.165) is 6.54 Å². The van der Waals surface area contributed by atoms with E-state index in [-0.39, 0.29) is 5.75 Å². The average Bonchev–Trinajstić information content (AvgIpc) is 2.24. The summed E-state index contributed by atoms with van der Waals surface area (Å²) in [5, 5.41) is 12.7. The summed E-state index contributed by atoms with van der Waals surface area (Å²) in [6, 6.07) is 5.90. The lowest BCUT2D eigenvalue weighted by Crippen LogP contribution is -2.20. The molecular formula is C10H15NO5S. The van der Waals surface area contributed by atoms with Gasteiger partial charge in [0.1, 0.15) is 5.75 Å². The smallest absolute Gasteiger partial charge is 0.387 e. The van der Waals surface area contributed by atoms with Crippen LogP contribution in [0.25, 0.3) is 0 Å². The summed E-state index contributed by atoms with van der Waals surface area (Å²) in [6.07, 6.45) is -0.764. The molecule has 0 heterocycles. The molecule has 6 nitrogen and oxygen atoms in total. The zero-order chi connectivity index (χ0) is 12.9. The van der Waals surface area contributed by atoms with Gasteiger partial charge in [0.05, 0.1) is 6.10 Å². The minimum atomic E-state index is -4.53. The number of hydrogen-bond donors (Lipinski definition) is 3. The summed E-state index contributed by atoms with van der Waals surface area (Å²) in [5.41, 5.74) is 0.507. The van der Waals surface area contributed by atoms with E-state index in [1.165, 1.54) is 18.2 Å². The van der Waals surface area contributed by atoms with E-state index in [1.54, 1.807) is 6.07 Å². The van der Waals surface area contributed by atoms with Crippen LogP contribution in [0.4, 0.5) is 0 Å². The number of likely N-dealkylation sites (N-methyl/N-ethyl adjacent to an activating group) is 1. The molecule has 7 heteroatoms. The van der Waals surface area contributed by atoms with Gasteiger partial charge in [-0.05, 0) is 24.2 Å². The molecule has 3 N–H and O–H groups in total. The van der Waals surface area contributed by atoms with E-state index in [1.807, 2.05) is 6.92 Å². The predicted octanol–water partition coefficient (Wildman–Crippen LogP) is 0.511. The summed E-state index contributed by atoms with van der Waals surface area (Å²) in [6.45, 7) is 2.98. The van der Waals surface area contributed by atoms with E-state index in [9.17, 15) is 13.5 Å². The van der Waals surface area contributed by atoms with Crippen LogP contribution in [0.15, 0.2) is 24.3 Å². The van der Waals surface area contributed by atoms with Crippen LogP contribution in [0.3, 0.4) is 0 Å². The molecule has 0 aromatic heterocycles. The fourth-order valence-electron chi connectivity index (χ4n) is 1.29. The van der Waals surface area contributed by atoms with Crippen LogP contribution in [0.5, 0.6) is 5.75 Å². The first-order valence-corrected chi connectivity index (χ1v) is 6.44. The Morgan fingerprint density at radius 3 is 2.76 bits per heavy atom. The highest BCUT2D eigenvalue weighted by molar-refractivity contribution is 7.81. The Morgan fingerprint density at radius 1 is 1.47 bits per heavy atom. The molecule has 1 aromatic carbocycles. The van der Waals surface area contributed by atoms with E-state index in [0.29, 0.717) is 12.1 Å². The molecule has 96 valence electrons. The first-order chi connectivity index (χ1) is 7.92. The number of nitrogens with one attached hydrogen (secondary N) is 1. The molecule has 0 aliphatic heterocycles. The summed E-state index contributed by atoms with van der Waals surface area (Å²) in [7, 11) is -4.53. The molecule has 1 atom stereocenters.